The third kappa shape index (κ3) is 4.03. The zero-order valence-electron chi connectivity index (χ0n) is 17.7. The van der Waals surface area contributed by atoms with E-state index in [2.05, 4.69) is 11.1 Å². The molecule has 0 amide bonds. The molecule has 0 bridgehead atoms. The van der Waals surface area contributed by atoms with Gasteiger partial charge in [-0.3, -0.25) is 4.48 Å². The fourth-order valence-electron chi connectivity index (χ4n) is 3.54. The molecule has 1 aromatic carbocycles. The number of aromatic nitrogens is 3. The minimum absolute atomic E-state index is 0.0732. The first-order valence-corrected chi connectivity index (χ1v) is 9.89. The highest BCUT2D eigenvalue weighted by molar-refractivity contribution is 6.00. The zero-order valence-corrected chi connectivity index (χ0v) is 17.7. The maximum absolute atomic E-state index is 11.8. The van der Waals surface area contributed by atoms with E-state index >= 15 is 0 Å². The molecule has 3 heterocycles. The number of rotatable bonds is 4. The summed E-state index contributed by atoms with van der Waals surface area (Å²) in [6.07, 6.45) is 0. The van der Waals surface area contributed by atoms with Gasteiger partial charge in [0.25, 0.3) is 0 Å². The molecule has 0 saturated carbocycles. The van der Waals surface area contributed by atoms with Gasteiger partial charge >= 0.3 is 5.97 Å². The molecule has 1 aliphatic rings. The Kier molecular flexibility index (Phi) is 5.27. The van der Waals surface area contributed by atoms with Crippen molar-refractivity contribution in [2.75, 3.05) is 52.3 Å². The predicted molar refractivity (Wildman–Crippen MR) is 117 cm³/mol. The summed E-state index contributed by atoms with van der Waals surface area (Å²) in [7, 11) is 5.85. The number of pyridine rings is 1. The van der Waals surface area contributed by atoms with Crippen LogP contribution in [0, 0.1) is 11.3 Å². The Balaban J connectivity index is 2.08. The van der Waals surface area contributed by atoms with Gasteiger partial charge in [0.1, 0.15) is 11.2 Å². The SMILES string of the molecule is C[N+](C)(C)c1cc(C(=O)O)nc2c(-c3cccc(C#N)c3)nc(N3CCOCC3)nc12. The average molecular weight is 419 g/mol. The number of ether oxygens (including phenoxy) is 1. The van der Waals surface area contributed by atoms with Crippen molar-refractivity contribution < 1.29 is 14.6 Å². The van der Waals surface area contributed by atoms with Crippen LogP contribution in [0.4, 0.5) is 11.6 Å². The fraction of sp³-hybridized carbons (Fsp3) is 0.318. The molecule has 0 unspecified atom stereocenters. The van der Waals surface area contributed by atoms with Crippen molar-refractivity contribution in [3.63, 3.8) is 0 Å². The normalized spacial score (nSPS) is 14.5. The van der Waals surface area contributed by atoms with Gasteiger partial charge in [-0.05, 0) is 12.1 Å². The summed E-state index contributed by atoms with van der Waals surface area (Å²) in [5, 5.41) is 19.0. The van der Waals surface area contributed by atoms with E-state index in [1.807, 2.05) is 32.1 Å². The van der Waals surface area contributed by atoms with E-state index in [4.69, 9.17) is 14.7 Å². The van der Waals surface area contributed by atoms with Crippen molar-refractivity contribution in [1.82, 2.24) is 19.4 Å². The molecule has 3 aromatic rings. The second kappa shape index (κ2) is 7.91. The van der Waals surface area contributed by atoms with Crippen LogP contribution < -0.4 is 9.38 Å². The molecule has 1 aliphatic heterocycles. The molecule has 158 valence electrons. The van der Waals surface area contributed by atoms with Gasteiger partial charge in [0.2, 0.25) is 5.95 Å². The Morgan fingerprint density at radius 1 is 1.13 bits per heavy atom. The molecule has 1 fully saturated rings. The number of hydrogen-bond acceptors (Lipinski definition) is 7. The number of morpholine rings is 1. The first-order chi connectivity index (χ1) is 14.8. The summed E-state index contributed by atoms with van der Waals surface area (Å²) in [5.41, 5.74) is 3.30. The molecule has 9 nitrogen and oxygen atoms in total. The molecular formula is C22H23N6O3+. The highest BCUT2D eigenvalue weighted by Crippen LogP contribution is 2.34. The van der Waals surface area contributed by atoms with E-state index < -0.39 is 5.97 Å². The number of aromatic carboxylic acids is 1. The molecule has 9 heteroatoms. The van der Waals surface area contributed by atoms with Crippen LogP contribution in [0.5, 0.6) is 0 Å². The highest BCUT2D eigenvalue weighted by atomic mass is 16.5. The van der Waals surface area contributed by atoms with Crippen molar-refractivity contribution >= 4 is 28.6 Å². The predicted octanol–water partition coefficient (Wildman–Crippen LogP) is 2.29. The lowest BCUT2D eigenvalue weighted by Crippen LogP contribution is -2.38. The molecule has 0 radical (unpaired) electrons. The lowest BCUT2D eigenvalue weighted by atomic mass is 10.1. The standard InChI is InChI=1S/C22H22N6O3/c1-28(2,3)17-12-16(21(29)30)24-20-18(15-6-4-5-14(11-15)13-23)25-22(26-19(17)20)27-7-9-31-10-8-27/h4-6,11-12H,7-10H2,1-3H3/p+1. The Morgan fingerprint density at radius 2 is 1.87 bits per heavy atom. The topological polar surface area (TPSA) is 112 Å². The monoisotopic (exact) mass is 419 g/mol. The summed E-state index contributed by atoms with van der Waals surface area (Å²) in [5.74, 6) is -0.585. The minimum Gasteiger partial charge on any atom is -0.477 e. The van der Waals surface area contributed by atoms with Gasteiger partial charge in [-0.15, -0.1) is 0 Å². The van der Waals surface area contributed by atoms with E-state index in [0.717, 1.165) is 5.69 Å². The summed E-state index contributed by atoms with van der Waals surface area (Å²) < 4.78 is 5.82. The Hall–Kier alpha value is -3.61. The van der Waals surface area contributed by atoms with Crippen LogP contribution in [0.25, 0.3) is 22.3 Å². The van der Waals surface area contributed by atoms with E-state index in [9.17, 15) is 15.2 Å². The van der Waals surface area contributed by atoms with Crippen molar-refractivity contribution in [3.8, 4) is 17.3 Å². The van der Waals surface area contributed by atoms with Gasteiger partial charge in [-0.1, -0.05) is 12.1 Å². The van der Waals surface area contributed by atoms with E-state index in [1.165, 1.54) is 0 Å². The molecule has 2 aromatic heterocycles. The third-order valence-corrected chi connectivity index (χ3v) is 5.12. The number of quaternary nitrogens is 1. The van der Waals surface area contributed by atoms with Gasteiger partial charge in [-0.25, -0.2) is 19.7 Å². The number of fused-ring (bicyclic) bond motifs is 1. The first-order valence-electron chi connectivity index (χ1n) is 9.89. The average Bonchev–Trinajstić information content (AvgIpc) is 2.77. The van der Waals surface area contributed by atoms with Crippen LogP contribution in [0.15, 0.2) is 30.3 Å². The van der Waals surface area contributed by atoms with Gasteiger partial charge in [0, 0.05) is 24.7 Å². The zero-order chi connectivity index (χ0) is 22.2. The third-order valence-electron chi connectivity index (χ3n) is 5.12. The van der Waals surface area contributed by atoms with Gasteiger partial charge in [0.05, 0.1) is 46.0 Å². The number of benzene rings is 1. The number of carboxylic acids is 1. The van der Waals surface area contributed by atoms with Crippen molar-refractivity contribution in [3.05, 3.63) is 41.6 Å². The number of nitrogens with zero attached hydrogens (tertiary/aromatic N) is 6. The van der Waals surface area contributed by atoms with Crippen LogP contribution in [-0.2, 0) is 4.74 Å². The van der Waals surface area contributed by atoms with Crippen LogP contribution in [-0.4, -0.2) is 73.5 Å². The van der Waals surface area contributed by atoms with Gasteiger partial charge < -0.3 is 14.7 Å². The Morgan fingerprint density at radius 3 is 2.52 bits per heavy atom. The lowest BCUT2D eigenvalue weighted by molar-refractivity contribution is 0.0691. The number of carboxylic acid groups (broad SMARTS) is 1. The second-order valence-corrected chi connectivity index (χ2v) is 8.21. The van der Waals surface area contributed by atoms with Crippen LogP contribution >= 0.6 is 0 Å². The van der Waals surface area contributed by atoms with E-state index in [-0.39, 0.29) is 5.69 Å². The second-order valence-electron chi connectivity index (χ2n) is 8.21. The minimum atomic E-state index is -1.12. The largest absolute Gasteiger partial charge is 0.477 e. The maximum atomic E-state index is 11.8. The molecule has 0 aliphatic carbocycles. The molecular weight excluding hydrogens is 396 g/mol. The number of carbonyl (C=O) groups is 1. The molecule has 1 saturated heterocycles. The van der Waals surface area contributed by atoms with Crippen LogP contribution in [0.1, 0.15) is 16.1 Å². The van der Waals surface area contributed by atoms with Crippen molar-refractivity contribution in [1.29, 1.82) is 5.26 Å². The summed E-state index contributed by atoms with van der Waals surface area (Å²) in [4.78, 5) is 27.9. The summed E-state index contributed by atoms with van der Waals surface area (Å²) in [6.45, 7) is 2.48. The smallest absolute Gasteiger partial charge is 0.354 e. The molecule has 0 spiro atoms. The first kappa shape index (κ1) is 20.7. The number of anilines is 1. The molecule has 31 heavy (non-hydrogen) atoms. The van der Waals surface area contributed by atoms with E-state index in [0.29, 0.717) is 64.6 Å². The van der Waals surface area contributed by atoms with Crippen molar-refractivity contribution in [2.45, 2.75) is 0 Å². The molecule has 4 rings (SSSR count). The van der Waals surface area contributed by atoms with Gasteiger partial charge in [-0.2, -0.15) is 5.26 Å². The van der Waals surface area contributed by atoms with Crippen molar-refractivity contribution in [2.24, 2.45) is 0 Å². The molecule has 0 atom stereocenters. The van der Waals surface area contributed by atoms with Crippen LogP contribution in [0.3, 0.4) is 0 Å². The Labute approximate surface area is 179 Å². The fourth-order valence-corrected chi connectivity index (χ4v) is 3.54. The lowest BCUT2D eigenvalue weighted by Gasteiger charge is -2.29. The number of hydrogen-bond donors (Lipinski definition) is 1. The van der Waals surface area contributed by atoms with Gasteiger partial charge in [0.15, 0.2) is 16.9 Å². The summed E-state index contributed by atoms with van der Waals surface area (Å²) in [6, 6.07) is 10.8. The van der Waals surface area contributed by atoms with Crippen LogP contribution in [0.2, 0.25) is 0 Å². The quantitative estimate of drug-likeness (QED) is 0.641. The molecule has 1 N–H and O–H groups in total. The number of nitriles is 1. The maximum Gasteiger partial charge on any atom is 0.354 e. The summed E-state index contributed by atoms with van der Waals surface area (Å²) >= 11 is 0. The van der Waals surface area contributed by atoms with E-state index in [1.54, 1.807) is 24.3 Å². The Bertz CT molecular complexity index is 1210. The highest BCUT2D eigenvalue weighted by Gasteiger charge is 2.27.